The van der Waals surface area contributed by atoms with E-state index in [-0.39, 0.29) is 22.8 Å². The number of nitrogens with zero attached hydrogens (tertiary/aromatic N) is 1. The molecule has 0 aliphatic heterocycles. The van der Waals surface area contributed by atoms with Gasteiger partial charge in [-0.3, -0.25) is 4.31 Å². The standard InChI is InChI=1S/C25H26FNO5S/c1-5-18-7-13-22(16-23(18)25(28)31-4)33(29,30)27(6-2)19-8-10-20(11-9-19)32-21-12-14-24(26)17(3)15-21/h7-16H,5-6H2,1-4H3. The van der Waals surface area contributed by atoms with Crippen LogP contribution in [0.4, 0.5) is 10.1 Å². The number of benzene rings is 3. The zero-order chi connectivity index (χ0) is 24.2. The molecular weight excluding hydrogens is 445 g/mol. The molecule has 0 spiro atoms. The third-order valence-corrected chi connectivity index (χ3v) is 7.13. The number of hydrogen-bond acceptors (Lipinski definition) is 5. The van der Waals surface area contributed by atoms with Crippen molar-refractivity contribution in [3.05, 3.63) is 83.2 Å². The lowest BCUT2D eigenvalue weighted by Gasteiger charge is -2.23. The average molecular weight is 472 g/mol. The quantitative estimate of drug-likeness (QED) is 0.406. The Morgan fingerprint density at radius 1 is 0.970 bits per heavy atom. The molecule has 174 valence electrons. The van der Waals surface area contributed by atoms with Crippen LogP contribution in [0.2, 0.25) is 0 Å². The van der Waals surface area contributed by atoms with Gasteiger partial charge in [0.15, 0.2) is 0 Å². The molecule has 8 heteroatoms. The Morgan fingerprint density at radius 2 is 1.64 bits per heavy atom. The predicted octanol–water partition coefficient (Wildman–Crippen LogP) is 5.49. The highest BCUT2D eigenvalue weighted by Crippen LogP contribution is 2.29. The van der Waals surface area contributed by atoms with Crippen LogP contribution in [0.15, 0.2) is 65.6 Å². The Morgan fingerprint density at radius 3 is 2.21 bits per heavy atom. The molecule has 0 heterocycles. The first kappa shape index (κ1) is 24.3. The SMILES string of the molecule is CCc1ccc(S(=O)(=O)N(CC)c2ccc(Oc3ccc(F)c(C)c3)cc2)cc1C(=O)OC. The number of sulfonamides is 1. The van der Waals surface area contributed by atoms with Gasteiger partial charge in [-0.05, 0) is 86.0 Å². The van der Waals surface area contributed by atoms with Gasteiger partial charge in [-0.25, -0.2) is 17.6 Å². The zero-order valence-corrected chi connectivity index (χ0v) is 19.8. The number of aryl methyl sites for hydroxylation is 2. The van der Waals surface area contributed by atoms with E-state index in [1.807, 2.05) is 6.92 Å². The molecule has 0 N–H and O–H groups in total. The highest BCUT2D eigenvalue weighted by atomic mass is 32.2. The molecule has 0 amide bonds. The Balaban J connectivity index is 1.90. The van der Waals surface area contributed by atoms with Crippen LogP contribution in [0.5, 0.6) is 11.5 Å². The number of carbonyl (C=O) groups is 1. The van der Waals surface area contributed by atoms with E-state index in [9.17, 15) is 17.6 Å². The summed E-state index contributed by atoms with van der Waals surface area (Å²) in [6.07, 6.45) is 0.567. The van der Waals surface area contributed by atoms with Gasteiger partial charge < -0.3 is 9.47 Å². The summed E-state index contributed by atoms with van der Waals surface area (Å²) in [6, 6.07) is 15.5. The molecule has 3 aromatic carbocycles. The van der Waals surface area contributed by atoms with E-state index in [1.165, 1.54) is 35.7 Å². The highest BCUT2D eigenvalue weighted by Gasteiger charge is 2.26. The van der Waals surface area contributed by atoms with Gasteiger partial charge in [-0.15, -0.1) is 0 Å². The second-order valence-corrected chi connectivity index (χ2v) is 9.20. The lowest BCUT2D eigenvalue weighted by Crippen LogP contribution is -2.31. The van der Waals surface area contributed by atoms with Gasteiger partial charge in [0.05, 0.1) is 23.3 Å². The third kappa shape index (κ3) is 5.17. The molecule has 0 aliphatic rings. The van der Waals surface area contributed by atoms with Crippen molar-refractivity contribution < 1.29 is 27.1 Å². The van der Waals surface area contributed by atoms with Crippen molar-refractivity contribution in [1.82, 2.24) is 0 Å². The summed E-state index contributed by atoms with van der Waals surface area (Å²) in [4.78, 5) is 12.1. The highest BCUT2D eigenvalue weighted by molar-refractivity contribution is 7.92. The molecule has 6 nitrogen and oxygen atoms in total. The molecule has 0 saturated carbocycles. The van der Waals surface area contributed by atoms with E-state index < -0.39 is 16.0 Å². The number of ether oxygens (including phenoxy) is 2. The third-order valence-electron chi connectivity index (χ3n) is 5.23. The largest absolute Gasteiger partial charge is 0.465 e. The van der Waals surface area contributed by atoms with Gasteiger partial charge >= 0.3 is 5.97 Å². The molecular formula is C25H26FNO5S. The molecule has 3 rings (SSSR count). The van der Waals surface area contributed by atoms with E-state index >= 15 is 0 Å². The maximum atomic E-state index is 13.5. The van der Waals surface area contributed by atoms with Gasteiger partial charge in [0.2, 0.25) is 0 Å². The monoisotopic (exact) mass is 471 g/mol. The van der Waals surface area contributed by atoms with Gasteiger partial charge in [0.1, 0.15) is 17.3 Å². The average Bonchev–Trinajstić information content (AvgIpc) is 2.81. The smallest absolute Gasteiger partial charge is 0.338 e. The topological polar surface area (TPSA) is 72.9 Å². The van der Waals surface area contributed by atoms with Gasteiger partial charge in [-0.2, -0.15) is 0 Å². The predicted molar refractivity (Wildman–Crippen MR) is 125 cm³/mol. The van der Waals surface area contributed by atoms with Crippen LogP contribution in [-0.4, -0.2) is 28.0 Å². The van der Waals surface area contributed by atoms with Crippen molar-refractivity contribution >= 4 is 21.7 Å². The number of esters is 1. The molecule has 0 unspecified atom stereocenters. The number of hydrogen-bond donors (Lipinski definition) is 0. The number of carbonyl (C=O) groups excluding carboxylic acids is 1. The van der Waals surface area contributed by atoms with Crippen LogP contribution >= 0.6 is 0 Å². The summed E-state index contributed by atoms with van der Waals surface area (Å²) in [7, 11) is -2.67. The van der Waals surface area contributed by atoms with Gasteiger partial charge in [-0.1, -0.05) is 13.0 Å². The Bertz CT molecular complexity index is 1260. The maximum absolute atomic E-state index is 13.5. The van der Waals surface area contributed by atoms with Crippen LogP contribution in [0, 0.1) is 12.7 Å². The second kappa shape index (κ2) is 10.0. The molecule has 0 aliphatic carbocycles. The van der Waals surface area contributed by atoms with Crippen molar-refractivity contribution in [1.29, 1.82) is 0 Å². The van der Waals surface area contributed by atoms with E-state index in [0.717, 1.165) is 0 Å². The summed E-state index contributed by atoms with van der Waals surface area (Å²) in [5.74, 6) is 0.0692. The van der Waals surface area contributed by atoms with Crippen molar-refractivity contribution in [2.45, 2.75) is 32.1 Å². The second-order valence-electron chi connectivity index (χ2n) is 7.34. The van der Waals surface area contributed by atoms with E-state index in [0.29, 0.717) is 34.7 Å². The minimum absolute atomic E-state index is 0.00376. The van der Waals surface area contributed by atoms with E-state index in [2.05, 4.69) is 0 Å². The fourth-order valence-electron chi connectivity index (χ4n) is 3.44. The zero-order valence-electron chi connectivity index (χ0n) is 19.0. The lowest BCUT2D eigenvalue weighted by atomic mass is 10.1. The molecule has 0 fully saturated rings. The van der Waals surface area contributed by atoms with Crippen LogP contribution in [-0.2, 0) is 21.2 Å². The molecule has 0 radical (unpaired) electrons. The fourth-order valence-corrected chi connectivity index (χ4v) is 4.94. The first-order chi connectivity index (χ1) is 15.7. The summed E-state index contributed by atoms with van der Waals surface area (Å²) in [5, 5.41) is 0. The van der Waals surface area contributed by atoms with Gasteiger partial charge in [0.25, 0.3) is 10.0 Å². The van der Waals surface area contributed by atoms with Crippen LogP contribution < -0.4 is 9.04 Å². The first-order valence-corrected chi connectivity index (χ1v) is 11.9. The van der Waals surface area contributed by atoms with Crippen molar-refractivity contribution in [2.75, 3.05) is 18.0 Å². The molecule has 33 heavy (non-hydrogen) atoms. The molecule has 0 bridgehead atoms. The van der Waals surface area contributed by atoms with Crippen molar-refractivity contribution in [3.63, 3.8) is 0 Å². The van der Waals surface area contributed by atoms with Crippen molar-refractivity contribution in [2.24, 2.45) is 0 Å². The van der Waals surface area contributed by atoms with Gasteiger partial charge in [0, 0.05) is 6.54 Å². The molecule has 3 aromatic rings. The maximum Gasteiger partial charge on any atom is 0.338 e. The molecule has 0 atom stereocenters. The summed E-state index contributed by atoms with van der Waals surface area (Å²) < 4.78 is 52.0. The summed E-state index contributed by atoms with van der Waals surface area (Å²) in [6.45, 7) is 5.44. The Hall–Kier alpha value is -3.39. The fraction of sp³-hybridized carbons (Fsp3) is 0.240. The number of halogens is 1. The van der Waals surface area contributed by atoms with Crippen LogP contribution in [0.3, 0.4) is 0 Å². The van der Waals surface area contributed by atoms with E-state index in [4.69, 9.17) is 9.47 Å². The lowest BCUT2D eigenvalue weighted by molar-refractivity contribution is 0.0599. The number of anilines is 1. The number of rotatable bonds is 8. The normalized spacial score (nSPS) is 11.2. The summed E-state index contributed by atoms with van der Waals surface area (Å²) >= 11 is 0. The van der Waals surface area contributed by atoms with Crippen molar-refractivity contribution in [3.8, 4) is 11.5 Å². The molecule has 0 aromatic heterocycles. The Labute approximate surface area is 193 Å². The first-order valence-electron chi connectivity index (χ1n) is 10.5. The number of methoxy groups -OCH3 is 1. The minimum atomic E-state index is -3.93. The molecule has 0 saturated heterocycles. The van der Waals surface area contributed by atoms with Crippen LogP contribution in [0.25, 0.3) is 0 Å². The summed E-state index contributed by atoms with van der Waals surface area (Å²) in [5.41, 5.74) is 1.85. The van der Waals surface area contributed by atoms with E-state index in [1.54, 1.807) is 50.2 Å². The minimum Gasteiger partial charge on any atom is -0.465 e. The Kier molecular flexibility index (Phi) is 7.38. The van der Waals surface area contributed by atoms with Crippen LogP contribution in [0.1, 0.15) is 35.3 Å².